The molecule has 0 bridgehead atoms. The minimum Gasteiger partial charge on any atom is -0.387 e. The fourth-order valence-corrected chi connectivity index (χ4v) is 1.12. The van der Waals surface area contributed by atoms with Gasteiger partial charge in [0.15, 0.2) is 0 Å². The van der Waals surface area contributed by atoms with Crippen molar-refractivity contribution in [1.82, 2.24) is 4.98 Å². The van der Waals surface area contributed by atoms with E-state index in [0.717, 1.165) is 12.2 Å². The minimum atomic E-state index is 0.837. The number of hydrogen-bond donors (Lipinski definition) is 0. The van der Waals surface area contributed by atoms with Gasteiger partial charge in [0.2, 0.25) is 0 Å². The molecule has 1 aromatic rings. The zero-order valence-electron chi connectivity index (χ0n) is 6.90. The summed E-state index contributed by atoms with van der Waals surface area (Å²) >= 11 is 0. The molecule has 0 unspecified atom stereocenters. The summed E-state index contributed by atoms with van der Waals surface area (Å²) in [7, 11) is 0. The summed E-state index contributed by atoms with van der Waals surface area (Å²) in [5.74, 6) is 0. The zero-order valence-corrected chi connectivity index (χ0v) is 6.90. The molecule has 0 aromatic carbocycles. The van der Waals surface area contributed by atoms with E-state index in [1.165, 1.54) is 5.57 Å². The molecule has 3 heteroatoms. The molecule has 1 aliphatic heterocycles. The third-order valence-electron chi connectivity index (χ3n) is 1.72. The van der Waals surface area contributed by atoms with Crippen LogP contribution in [0.1, 0.15) is 6.92 Å². The van der Waals surface area contributed by atoms with Crippen molar-refractivity contribution in [2.75, 3.05) is 11.6 Å². The number of hydroxylamine groups is 1. The van der Waals surface area contributed by atoms with Crippen LogP contribution in [0.15, 0.2) is 36.4 Å². The molecule has 0 atom stereocenters. The van der Waals surface area contributed by atoms with E-state index < -0.39 is 0 Å². The van der Waals surface area contributed by atoms with E-state index in [-0.39, 0.29) is 0 Å². The van der Waals surface area contributed by atoms with Gasteiger partial charge in [-0.15, -0.1) is 0 Å². The summed E-state index contributed by atoms with van der Waals surface area (Å²) in [5, 5.41) is 1.83. The number of pyridine rings is 1. The maximum absolute atomic E-state index is 5.29. The van der Waals surface area contributed by atoms with E-state index in [4.69, 9.17) is 4.84 Å². The Labute approximate surface area is 71.2 Å². The fraction of sp³-hybridized carbons (Fsp3) is 0.222. The maximum atomic E-state index is 5.29. The summed E-state index contributed by atoms with van der Waals surface area (Å²) in [6.45, 7) is 2.88. The third-order valence-corrected chi connectivity index (χ3v) is 1.72. The summed E-state index contributed by atoms with van der Waals surface area (Å²) in [6.07, 6.45) is 5.28. The van der Waals surface area contributed by atoms with Gasteiger partial charge < -0.3 is 4.84 Å². The summed E-state index contributed by atoms with van der Waals surface area (Å²) in [4.78, 5) is 9.23. The second-order valence-electron chi connectivity index (χ2n) is 2.81. The molecule has 0 N–H and O–H groups in total. The summed E-state index contributed by atoms with van der Waals surface area (Å²) < 4.78 is 0. The van der Waals surface area contributed by atoms with Crippen LogP contribution in [0, 0.1) is 0 Å². The first-order valence-corrected chi connectivity index (χ1v) is 3.86. The number of anilines is 1. The largest absolute Gasteiger partial charge is 0.387 e. The van der Waals surface area contributed by atoms with E-state index in [1.807, 2.05) is 24.1 Å². The van der Waals surface area contributed by atoms with Crippen molar-refractivity contribution in [3.05, 3.63) is 36.4 Å². The number of aromatic nitrogens is 1. The van der Waals surface area contributed by atoms with Crippen molar-refractivity contribution in [1.29, 1.82) is 0 Å². The molecule has 1 aliphatic rings. The van der Waals surface area contributed by atoms with E-state index in [1.54, 1.807) is 18.7 Å². The van der Waals surface area contributed by atoms with Gasteiger partial charge in [0.05, 0.1) is 12.2 Å². The van der Waals surface area contributed by atoms with Crippen LogP contribution in [-0.4, -0.2) is 11.5 Å². The van der Waals surface area contributed by atoms with Gasteiger partial charge >= 0.3 is 0 Å². The molecular formula is C9H10N2O. The monoisotopic (exact) mass is 162 g/mol. The van der Waals surface area contributed by atoms with Gasteiger partial charge in [-0.3, -0.25) is 4.98 Å². The Hall–Kier alpha value is -1.51. The van der Waals surface area contributed by atoms with Crippen molar-refractivity contribution in [3.63, 3.8) is 0 Å². The molecule has 0 spiro atoms. The molecule has 2 rings (SSSR count). The van der Waals surface area contributed by atoms with Gasteiger partial charge in [-0.25, -0.2) is 5.06 Å². The minimum absolute atomic E-state index is 0.837. The molecule has 0 fully saturated rings. The predicted molar refractivity (Wildman–Crippen MR) is 46.4 cm³/mol. The average molecular weight is 162 g/mol. The molecule has 2 heterocycles. The van der Waals surface area contributed by atoms with E-state index in [9.17, 15) is 0 Å². The first-order chi connectivity index (χ1) is 5.86. The Balaban J connectivity index is 2.14. The van der Waals surface area contributed by atoms with Crippen molar-refractivity contribution in [3.8, 4) is 0 Å². The van der Waals surface area contributed by atoms with Crippen molar-refractivity contribution >= 4 is 5.69 Å². The highest BCUT2D eigenvalue weighted by Crippen LogP contribution is 2.19. The van der Waals surface area contributed by atoms with E-state index in [0.29, 0.717) is 0 Å². The van der Waals surface area contributed by atoms with Crippen LogP contribution >= 0.6 is 0 Å². The molecule has 3 nitrogen and oxygen atoms in total. The smallest absolute Gasteiger partial charge is 0.120 e. The number of rotatable bonds is 1. The van der Waals surface area contributed by atoms with Gasteiger partial charge in [0, 0.05) is 12.4 Å². The lowest BCUT2D eigenvalue weighted by Crippen LogP contribution is -2.17. The van der Waals surface area contributed by atoms with Crippen molar-refractivity contribution < 1.29 is 4.84 Å². The Bertz CT molecular complexity index is 295. The number of hydrogen-bond acceptors (Lipinski definition) is 3. The lowest BCUT2D eigenvalue weighted by Gasteiger charge is -2.15. The summed E-state index contributed by atoms with van der Waals surface area (Å²) in [5.41, 5.74) is 2.27. The molecule has 0 aliphatic carbocycles. The lowest BCUT2D eigenvalue weighted by molar-refractivity contribution is 0.246. The second-order valence-corrected chi connectivity index (χ2v) is 2.81. The van der Waals surface area contributed by atoms with Crippen LogP contribution < -0.4 is 5.06 Å². The predicted octanol–water partition coefficient (Wildman–Crippen LogP) is 1.74. The van der Waals surface area contributed by atoms with Crippen LogP contribution in [0.3, 0.4) is 0 Å². The molecule has 0 saturated carbocycles. The van der Waals surface area contributed by atoms with Gasteiger partial charge in [0.25, 0.3) is 0 Å². The van der Waals surface area contributed by atoms with Gasteiger partial charge in [-0.1, -0.05) is 0 Å². The summed E-state index contributed by atoms with van der Waals surface area (Å²) in [6, 6.07) is 3.85. The SMILES string of the molecule is CC1=CON(c2ccncc2)C1. The first-order valence-electron chi connectivity index (χ1n) is 3.86. The van der Waals surface area contributed by atoms with Crippen LogP contribution in [0.2, 0.25) is 0 Å². The fourth-order valence-electron chi connectivity index (χ4n) is 1.12. The molecule has 0 saturated heterocycles. The standard InChI is InChI=1S/C9H10N2O/c1-8-6-11(12-7-8)9-2-4-10-5-3-9/h2-5,7H,6H2,1H3. The first kappa shape index (κ1) is 7.16. The average Bonchev–Trinajstić information content (AvgIpc) is 2.54. The van der Waals surface area contributed by atoms with Crippen molar-refractivity contribution in [2.24, 2.45) is 0 Å². The van der Waals surface area contributed by atoms with Crippen LogP contribution in [0.5, 0.6) is 0 Å². The zero-order chi connectivity index (χ0) is 8.39. The highest BCUT2D eigenvalue weighted by molar-refractivity contribution is 5.44. The van der Waals surface area contributed by atoms with Crippen LogP contribution in [0.25, 0.3) is 0 Å². The van der Waals surface area contributed by atoms with Crippen LogP contribution in [-0.2, 0) is 4.84 Å². The Kier molecular flexibility index (Phi) is 1.70. The Morgan fingerprint density at radius 1 is 1.42 bits per heavy atom. The number of nitrogens with zero attached hydrogens (tertiary/aromatic N) is 2. The Morgan fingerprint density at radius 2 is 2.17 bits per heavy atom. The van der Waals surface area contributed by atoms with Crippen molar-refractivity contribution in [2.45, 2.75) is 6.92 Å². The normalized spacial score (nSPS) is 15.8. The van der Waals surface area contributed by atoms with E-state index in [2.05, 4.69) is 4.98 Å². The molecular weight excluding hydrogens is 152 g/mol. The van der Waals surface area contributed by atoms with E-state index >= 15 is 0 Å². The Morgan fingerprint density at radius 3 is 2.75 bits per heavy atom. The third kappa shape index (κ3) is 1.25. The quantitative estimate of drug-likeness (QED) is 0.629. The van der Waals surface area contributed by atoms with Gasteiger partial charge in [0.1, 0.15) is 6.26 Å². The molecule has 12 heavy (non-hydrogen) atoms. The topological polar surface area (TPSA) is 25.4 Å². The van der Waals surface area contributed by atoms with Gasteiger partial charge in [-0.05, 0) is 24.6 Å². The molecule has 1 aromatic heterocycles. The van der Waals surface area contributed by atoms with Gasteiger partial charge in [-0.2, -0.15) is 0 Å². The maximum Gasteiger partial charge on any atom is 0.120 e. The highest BCUT2D eigenvalue weighted by atomic mass is 16.7. The molecule has 0 amide bonds. The lowest BCUT2D eigenvalue weighted by atomic mass is 10.3. The highest BCUT2D eigenvalue weighted by Gasteiger charge is 2.12. The molecule has 0 radical (unpaired) electrons. The van der Waals surface area contributed by atoms with Crippen LogP contribution in [0.4, 0.5) is 5.69 Å². The molecule has 62 valence electrons. The second kappa shape index (κ2) is 2.85.